The smallest absolute Gasteiger partial charge is 0.0388 e. The summed E-state index contributed by atoms with van der Waals surface area (Å²) >= 11 is 0. The van der Waals surface area contributed by atoms with Crippen molar-refractivity contribution in [2.24, 2.45) is 17.8 Å². The van der Waals surface area contributed by atoms with Crippen molar-refractivity contribution in [1.82, 2.24) is 0 Å². The molecule has 1 saturated carbocycles. The summed E-state index contributed by atoms with van der Waals surface area (Å²) in [5, 5.41) is 0. The van der Waals surface area contributed by atoms with Gasteiger partial charge in [0.1, 0.15) is 0 Å². The molecule has 0 heteroatoms. The molecule has 0 bridgehead atoms. The summed E-state index contributed by atoms with van der Waals surface area (Å²) in [7, 11) is 0. The van der Waals surface area contributed by atoms with E-state index in [0.29, 0.717) is 0 Å². The monoisotopic (exact) mass is 168 g/mol. The van der Waals surface area contributed by atoms with Crippen LogP contribution in [0.3, 0.4) is 0 Å². The molecule has 0 amide bonds. The van der Waals surface area contributed by atoms with Crippen molar-refractivity contribution in [2.75, 3.05) is 0 Å². The summed E-state index contributed by atoms with van der Waals surface area (Å²) in [4.78, 5) is 0. The third-order valence-electron chi connectivity index (χ3n) is 3.69. The zero-order valence-electron chi connectivity index (χ0n) is 8.97. The lowest BCUT2D eigenvalue weighted by Crippen LogP contribution is -2.22. The van der Waals surface area contributed by atoms with Gasteiger partial charge < -0.3 is 0 Å². The number of hydrogen-bond acceptors (Lipinski definition) is 0. The summed E-state index contributed by atoms with van der Waals surface area (Å²) in [5.74, 6) is 3.11. The average molecular weight is 168 g/mol. The summed E-state index contributed by atoms with van der Waals surface area (Å²) in [5.41, 5.74) is 0. The molecule has 1 rings (SSSR count). The van der Waals surface area contributed by atoms with Crippen LogP contribution < -0.4 is 0 Å². The highest BCUT2D eigenvalue weighted by atomic mass is 14.3. The lowest BCUT2D eigenvalue weighted by Gasteiger charge is -2.33. The van der Waals surface area contributed by atoms with Gasteiger partial charge >= 0.3 is 0 Å². The highest BCUT2D eigenvalue weighted by Gasteiger charge is 2.25. The summed E-state index contributed by atoms with van der Waals surface area (Å²) in [6.07, 6.45) is 8.77. The molecule has 0 nitrogen and oxygen atoms in total. The molecule has 0 N–H and O–H groups in total. The van der Waals surface area contributed by atoms with E-state index in [1.807, 2.05) is 0 Å². The van der Waals surface area contributed by atoms with E-state index in [9.17, 15) is 0 Å². The first-order valence-corrected chi connectivity index (χ1v) is 5.77. The Bertz CT molecular complexity index is 117. The molecule has 0 aromatic heterocycles. The van der Waals surface area contributed by atoms with Crippen LogP contribution >= 0.6 is 0 Å². The molecule has 1 aliphatic carbocycles. The summed E-state index contributed by atoms with van der Waals surface area (Å²) in [6, 6.07) is 0. The van der Waals surface area contributed by atoms with Crippen LogP contribution in [0.15, 0.2) is 0 Å². The average Bonchev–Trinajstić information content (AvgIpc) is 2.09. The Kier molecular flexibility index (Phi) is 4.11. The second-order valence-electron chi connectivity index (χ2n) is 4.61. The fourth-order valence-electron chi connectivity index (χ4n) is 2.74. The maximum Gasteiger partial charge on any atom is -0.0388 e. The first-order chi connectivity index (χ1) is 5.77. The third-order valence-corrected chi connectivity index (χ3v) is 3.69. The van der Waals surface area contributed by atoms with Gasteiger partial charge in [0.25, 0.3) is 0 Å². The quantitative estimate of drug-likeness (QED) is 0.591. The van der Waals surface area contributed by atoms with Crippen LogP contribution in [0.4, 0.5) is 0 Å². The Hall–Kier alpha value is 0. The maximum absolute atomic E-state index is 2.46. The largest absolute Gasteiger partial charge is 0.0654 e. The SMILES string of the molecule is CCCC1CCC(CC)C[C@@H]1C. The highest BCUT2D eigenvalue weighted by Crippen LogP contribution is 2.37. The Morgan fingerprint density at radius 1 is 1.17 bits per heavy atom. The van der Waals surface area contributed by atoms with Gasteiger partial charge in [-0.05, 0) is 30.6 Å². The van der Waals surface area contributed by atoms with E-state index in [1.165, 1.54) is 38.5 Å². The van der Waals surface area contributed by atoms with Crippen LogP contribution in [0.1, 0.15) is 59.3 Å². The van der Waals surface area contributed by atoms with E-state index in [4.69, 9.17) is 0 Å². The Balaban J connectivity index is 2.31. The van der Waals surface area contributed by atoms with Crippen LogP contribution in [0.25, 0.3) is 0 Å². The summed E-state index contributed by atoms with van der Waals surface area (Å²) in [6.45, 7) is 7.12. The maximum atomic E-state index is 2.46. The van der Waals surface area contributed by atoms with Crippen molar-refractivity contribution in [1.29, 1.82) is 0 Å². The Morgan fingerprint density at radius 2 is 1.92 bits per heavy atom. The second kappa shape index (κ2) is 4.89. The molecular weight excluding hydrogens is 144 g/mol. The number of rotatable bonds is 3. The zero-order valence-corrected chi connectivity index (χ0v) is 8.97. The minimum atomic E-state index is 1.00. The molecule has 2 unspecified atom stereocenters. The fraction of sp³-hybridized carbons (Fsp3) is 1.00. The lowest BCUT2D eigenvalue weighted by atomic mass is 9.72. The van der Waals surface area contributed by atoms with Crippen molar-refractivity contribution in [3.8, 4) is 0 Å². The Labute approximate surface area is 77.7 Å². The van der Waals surface area contributed by atoms with Gasteiger partial charge in [-0.1, -0.05) is 46.5 Å². The van der Waals surface area contributed by atoms with E-state index < -0.39 is 0 Å². The molecular formula is C12H24. The van der Waals surface area contributed by atoms with Gasteiger partial charge in [-0.2, -0.15) is 0 Å². The van der Waals surface area contributed by atoms with Crippen molar-refractivity contribution in [2.45, 2.75) is 59.3 Å². The lowest BCUT2D eigenvalue weighted by molar-refractivity contribution is 0.180. The molecule has 0 aromatic carbocycles. The standard InChI is InChI=1S/C12H24/c1-4-6-12-8-7-11(5-2)9-10(12)3/h10-12H,4-9H2,1-3H3/t10-,11?,12?/m0/s1. The highest BCUT2D eigenvalue weighted by molar-refractivity contribution is 4.76. The minimum absolute atomic E-state index is 1.00. The van der Waals surface area contributed by atoms with Gasteiger partial charge in [0, 0.05) is 0 Å². The van der Waals surface area contributed by atoms with Crippen LogP contribution in [0.2, 0.25) is 0 Å². The normalized spacial score (nSPS) is 36.8. The predicted molar refractivity (Wildman–Crippen MR) is 55.2 cm³/mol. The first-order valence-electron chi connectivity index (χ1n) is 5.77. The molecule has 0 radical (unpaired) electrons. The molecule has 12 heavy (non-hydrogen) atoms. The van der Waals surface area contributed by atoms with E-state index in [2.05, 4.69) is 20.8 Å². The van der Waals surface area contributed by atoms with Crippen molar-refractivity contribution < 1.29 is 0 Å². The van der Waals surface area contributed by atoms with E-state index in [1.54, 1.807) is 0 Å². The second-order valence-corrected chi connectivity index (χ2v) is 4.61. The predicted octanol–water partition coefficient (Wildman–Crippen LogP) is 4.25. The minimum Gasteiger partial charge on any atom is -0.0654 e. The van der Waals surface area contributed by atoms with Crippen molar-refractivity contribution >= 4 is 0 Å². The number of hydrogen-bond donors (Lipinski definition) is 0. The van der Waals surface area contributed by atoms with E-state index >= 15 is 0 Å². The summed E-state index contributed by atoms with van der Waals surface area (Å²) < 4.78 is 0. The molecule has 0 heterocycles. The third kappa shape index (κ3) is 2.50. The molecule has 0 aliphatic heterocycles. The van der Waals surface area contributed by atoms with E-state index in [0.717, 1.165) is 17.8 Å². The molecule has 72 valence electrons. The van der Waals surface area contributed by atoms with E-state index in [-0.39, 0.29) is 0 Å². The van der Waals surface area contributed by atoms with Gasteiger partial charge in [0.2, 0.25) is 0 Å². The van der Waals surface area contributed by atoms with Crippen LogP contribution in [0.5, 0.6) is 0 Å². The fourth-order valence-corrected chi connectivity index (χ4v) is 2.74. The van der Waals surface area contributed by atoms with Crippen LogP contribution in [-0.2, 0) is 0 Å². The van der Waals surface area contributed by atoms with Crippen molar-refractivity contribution in [3.05, 3.63) is 0 Å². The van der Waals surface area contributed by atoms with Gasteiger partial charge in [-0.25, -0.2) is 0 Å². The molecule has 3 atom stereocenters. The van der Waals surface area contributed by atoms with Gasteiger partial charge in [-0.3, -0.25) is 0 Å². The molecule has 1 fully saturated rings. The topological polar surface area (TPSA) is 0 Å². The van der Waals surface area contributed by atoms with Gasteiger partial charge in [0.05, 0.1) is 0 Å². The van der Waals surface area contributed by atoms with Gasteiger partial charge in [-0.15, -0.1) is 0 Å². The molecule has 0 aromatic rings. The molecule has 0 saturated heterocycles. The van der Waals surface area contributed by atoms with Crippen LogP contribution in [0, 0.1) is 17.8 Å². The van der Waals surface area contributed by atoms with Gasteiger partial charge in [0.15, 0.2) is 0 Å². The first kappa shape index (κ1) is 10.1. The Morgan fingerprint density at radius 3 is 2.42 bits per heavy atom. The zero-order chi connectivity index (χ0) is 8.97. The van der Waals surface area contributed by atoms with Crippen molar-refractivity contribution in [3.63, 3.8) is 0 Å². The molecule has 0 spiro atoms. The molecule has 1 aliphatic rings. The van der Waals surface area contributed by atoms with Crippen LogP contribution in [-0.4, -0.2) is 0 Å².